The number of hydrogen-bond donors (Lipinski definition) is 5. The molecule has 0 radical (unpaired) electrons. The van der Waals surface area contributed by atoms with E-state index in [9.17, 15) is 9.59 Å². The second kappa shape index (κ2) is 9.55. The molecule has 6 N–H and O–H groups in total. The van der Waals surface area contributed by atoms with E-state index < -0.39 is 17.9 Å². The van der Waals surface area contributed by atoms with Crippen molar-refractivity contribution in [3.8, 4) is 17.3 Å². The summed E-state index contributed by atoms with van der Waals surface area (Å²) >= 11 is 0. The molecule has 10 heteroatoms. The van der Waals surface area contributed by atoms with Gasteiger partial charge in [0.2, 0.25) is 5.91 Å². The summed E-state index contributed by atoms with van der Waals surface area (Å²) in [5, 5.41) is 23.5. The number of benzene rings is 2. The van der Waals surface area contributed by atoms with E-state index in [2.05, 4.69) is 20.8 Å². The third-order valence-electron chi connectivity index (χ3n) is 4.52. The molecule has 1 aliphatic heterocycles. The second-order valence-electron chi connectivity index (χ2n) is 6.90. The predicted molar refractivity (Wildman–Crippen MR) is 119 cm³/mol. The summed E-state index contributed by atoms with van der Waals surface area (Å²) in [6.45, 7) is 1.08. The average molecular weight is 432 g/mol. The molecule has 0 bridgehead atoms. The van der Waals surface area contributed by atoms with Crippen molar-refractivity contribution >= 4 is 40.6 Å². The maximum Gasteiger partial charge on any atom is 0.300 e. The Bertz CT molecular complexity index is 1250. The van der Waals surface area contributed by atoms with E-state index >= 15 is 0 Å². The van der Waals surface area contributed by atoms with Gasteiger partial charge in [-0.15, -0.1) is 0 Å². The number of amides is 2. The first-order valence-corrected chi connectivity index (χ1v) is 9.53. The van der Waals surface area contributed by atoms with Crippen molar-refractivity contribution < 1.29 is 19.5 Å². The molecular formula is C22H20N6O4. The van der Waals surface area contributed by atoms with Gasteiger partial charge in [0.15, 0.2) is 0 Å². The van der Waals surface area contributed by atoms with Crippen LogP contribution < -0.4 is 16.5 Å². The van der Waals surface area contributed by atoms with E-state index in [1.54, 1.807) is 18.3 Å². The molecule has 2 amide bonds. The van der Waals surface area contributed by atoms with Crippen LogP contribution >= 0.6 is 0 Å². The molecule has 0 unspecified atom stereocenters. The predicted octanol–water partition coefficient (Wildman–Crippen LogP) is 2.18. The van der Waals surface area contributed by atoms with Crippen LogP contribution in [0.25, 0.3) is 22.2 Å². The topological polar surface area (TPSA) is 173 Å². The Morgan fingerprint density at radius 2 is 1.97 bits per heavy atom. The zero-order valence-electron chi connectivity index (χ0n) is 17.0. The van der Waals surface area contributed by atoms with Crippen LogP contribution in [-0.2, 0) is 9.59 Å². The highest BCUT2D eigenvalue weighted by Crippen LogP contribution is 2.34. The highest BCUT2D eigenvalue weighted by Gasteiger charge is 2.23. The number of hydrazone groups is 1. The Labute approximate surface area is 182 Å². The highest BCUT2D eigenvalue weighted by molar-refractivity contribution is 6.18. The molecule has 32 heavy (non-hydrogen) atoms. The second-order valence-corrected chi connectivity index (χ2v) is 6.90. The molecule has 4 rings (SSSR count). The van der Waals surface area contributed by atoms with Crippen molar-refractivity contribution in [2.75, 3.05) is 5.32 Å². The van der Waals surface area contributed by atoms with Crippen LogP contribution in [0.15, 0.2) is 47.6 Å². The number of carbonyl (C=O) groups excluding carboxylic acids is 2. The van der Waals surface area contributed by atoms with Crippen LogP contribution in [0.3, 0.4) is 0 Å². The Morgan fingerprint density at radius 1 is 1.28 bits per heavy atom. The minimum absolute atomic E-state index is 0.0972. The zero-order chi connectivity index (χ0) is 23.3. The number of aromatic nitrogens is 1. The molecule has 1 aliphatic rings. The number of H-pyrrole nitrogens is 1. The fourth-order valence-electron chi connectivity index (χ4n) is 3.21. The molecule has 10 nitrogen and oxygen atoms in total. The van der Waals surface area contributed by atoms with Crippen LogP contribution in [0.5, 0.6) is 0 Å². The Kier molecular flexibility index (Phi) is 6.62. The summed E-state index contributed by atoms with van der Waals surface area (Å²) in [6, 6.07) is 13.9. The van der Waals surface area contributed by atoms with Crippen LogP contribution in [-0.4, -0.2) is 40.1 Å². The number of nitriles is 1. The number of rotatable bonds is 4. The van der Waals surface area contributed by atoms with E-state index in [-0.39, 0.29) is 12.3 Å². The van der Waals surface area contributed by atoms with Gasteiger partial charge in [0.25, 0.3) is 11.9 Å². The summed E-state index contributed by atoms with van der Waals surface area (Å²) in [5.74, 6) is -1.70. The number of aliphatic carboxylic acids is 1. The summed E-state index contributed by atoms with van der Waals surface area (Å²) in [7, 11) is 0. The van der Waals surface area contributed by atoms with E-state index in [1.165, 1.54) is 0 Å². The van der Waals surface area contributed by atoms with E-state index in [1.807, 2.05) is 36.4 Å². The van der Waals surface area contributed by atoms with Gasteiger partial charge in [0.1, 0.15) is 0 Å². The third kappa shape index (κ3) is 4.80. The Morgan fingerprint density at radius 3 is 2.62 bits per heavy atom. The number of nitrogens with two attached hydrogens (primary N) is 1. The molecule has 1 atom stereocenters. The molecule has 162 valence electrons. The lowest BCUT2D eigenvalue weighted by atomic mass is 10.0. The summed E-state index contributed by atoms with van der Waals surface area (Å²) < 4.78 is 0. The fraction of sp³-hybridized carbons (Fsp3) is 0.136. The average Bonchev–Trinajstić information content (AvgIpc) is 3.03. The molecule has 2 aromatic carbocycles. The SMILES string of the molecule is CC(=O)O.N#CC[C@H](N)C(=O)Nc1cc2c3c(c(-c4ccccc4)[nH]c3c1)C=NNC2=O. The van der Waals surface area contributed by atoms with Crippen LogP contribution in [0.2, 0.25) is 0 Å². The van der Waals surface area contributed by atoms with E-state index in [4.69, 9.17) is 20.9 Å². The van der Waals surface area contributed by atoms with Crippen LogP contribution in [0.4, 0.5) is 5.69 Å². The first-order valence-electron chi connectivity index (χ1n) is 9.53. The monoisotopic (exact) mass is 432 g/mol. The number of anilines is 1. The number of nitrogens with zero attached hydrogens (tertiary/aromatic N) is 2. The summed E-state index contributed by atoms with van der Waals surface area (Å²) in [5.41, 5.74) is 12.2. The van der Waals surface area contributed by atoms with Crippen LogP contribution in [0.1, 0.15) is 29.3 Å². The van der Waals surface area contributed by atoms with Gasteiger partial charge in [0, 0.05) is 29.1 Å². The molecule has 0 spiro atoms. The van der Waals surface area contributed by atoms with Crippen molar-refractivity contribution in [2.45, 2.75) is 19.4 Å². The van der Waals surface area contributed by atoms with E-state index in [0.717, 1.165) is 29.1 Å². The van der Waals surface area contributed by atoms with Crippen LogP contribution in [0, 0.1) is 11.3 Å². The molecule has 3 aromatic rings. The largest absolute Gasteiger partial charge is 0.481 e. The standard InChI is InChI=1S/C20H16N6O2.C2H4O2/c21-7-6-15(22)20(28)24-12-8-13-17-14(10-23-26-19(13)27)18(25-16(17)9-12)11-4-2-1-3-5-11;1-2(3)4/h1-5,8-10,15,25H,6,22H2,(H,24,28)(H,26,27);1H3,(H,3,4)/t15-;/m0./s1. The summed E-state index contributed by atoms with van der Waals surface area (Å²) in [6.07, 6.45) is 1.51. The van der Waals surface area contributed by atoms with Gasteiger partial charge in [-0.3, -0.25) is 14.4 Å². The van der Waals surface area contributed by atoms with Crippen molar-refractivity contribution in [2.24, 2.45) is 10.8 Å². The fourth-order valence-corrected chi connectivity index (χ4v) is 3.21. The highest BCUT2D eigenvalue weighted by atomic mass is 16.4. The minimum Gasteiger partial charge on any atom is -0.481 e. The van der Waals surface area contributed by atoms with Gasteiger partial charge in [-0.2, -0.15) is 10.4 Å². The lowest BCUT2D eigenvalue weighted by Gasteiger charge is -2.11. The van der Waals surface area contributed by atoms with Gasteiger partial charge >= 0.3 is 0 Å². The van der Waals surface area contributed by atoms with Crippen molar-refractivity contribution in [1.29, 1.82) is 5.26 Å². The first-order chi connectivity index (χ1) is 15.3. The molecule has 0 fully saturated rings. The van der Waals surface area contributed by atoms with Gasteiger partial charge < -0.3 is 21.1 Å². The maximum atomic E-state index is 12.5. The van der Waals surface area contributed by atoms with Crippen molar-refractivity contribution in [3.63, 3.8) is 0 Å². The number of hydrogen-bond acceptors (Lipinski definition) is 6. The lowest BCUT2D eigenvalue weighted by molar-refractivity contribution is -0.134. The molecule has 0 saturated carbocycles. The number of carboxylic acid groups (broad SMARTS) is 1. The summed E-state index contributed by atoms with van der Waals surface area (Å²) in [4.78, 5) is 37.0. The molecule has 0 aliphatic carbocycles. The number of nitrogens with one attached hydrogen (secondary N) is 3. The van der Waals surface area contributed by atoms with Gasteiger partial charge in [-0.25, -0.2) is 5.43 Å². The molecule has 2 heterocycles. The first kappa shape index (κ1) is 22.2. The Hall–Kier alpha value is -4.49. The van der Waals surface area contributed by atoms with E-state index in [0.29, 0.717) is 16.8 Å². The van der Waals surface area contributed by atoms with Gasteiger partial charge in [0.05, 0.1) is 36.0 Å². The smallest absolute Gasteiger partial charge is 0.300 e. The number of carboxylic acids is 1. The number of aromatic amines is 1. The molecular weight excluding hydrogens is 412 g/mol. The quantitative estimate of drug-likeness (QED) is 0.422. The third-order valence-corrected chi connectivity index (χ3v) is 4.52. The molecule has 0 saturated heterocycles. The minimum atomic E-state index is -0.948. The number of carbonyl (C=O) groups is 3. The zero-order valence-corrected chi connectivity index (χ0v) is 17.0. The van der Waals surface area contributed by atoms with Crippen molar-refractivity contribution in [3.05, 3.63) is 53.6 Å². The lowest BCUT2D eigenvalue weighted by Crippen LogP contribution is -2.35. The maximum absolute atomic E-state index is 12.5. The van der Waals surface area contributed by atoms with Crippen molar-refractivity contribution in [1.82, 2.24) is 10.4 Å². The molecule has 1 aromatic heterocycles. The normalized spacial score (nSPS) is 12.6. The van der Waals surface area contributed by atoms with Gasteiger partial charge in [-0.1, -0.05) is 30.3 Å². The van der Waals surface area contributed by atoms with Gasteiger partial charge in [-0.05, 0) is 17.7 Å². The Balaban J connectivity index is 0.000000668.